The molecular weight excluding hydrogens is 329 g/mol. The molecule has 21 heavy (non-hydrogen) atoms. The molecule has 2 N–H and O–H groups in total. The van der Waals surface area contributed by atoms with E-state index in [1.54, 1.807) is 6.07 Å². The number of benzene rings is 2. The monoisotopic (exact) mass is 343 g/mol. The maximum atomic E-state index is 6.24. The van der Waals surface area contributed by atoms with E-state index in [1.807, 2.05) is 37.3 Å². The Morgan fingerprint density at radius 3 is 2.33 bits per heavy atom. The van der Waals surface area contributed by atoms with Gasteiger partial charge in [0.1, 0.15) is 12.4 Å². The summed E-state index contributed by atoms with van der Waals surface area (Å²) in [6.07, 6.45) is 0.649. The van der Waals surface area contributed by atoms with Gasteiger partial charge >= 0.3 is 0 Å². The third kappa shape index (κ3) is 4.79. The lowest BCUT2D eigenvalue weighted by atomic mass is 10.1. The summed E-state index contributed by atoms with van der Waals surface area (Å²) < 4.78 is 5.86. The van der Waals surface area contributed by atoms with Crippen LogP contribution in [0.15, 0.2) is 36.4 Å². The molecule has 0 saturated carbocycles. The van der Waals surface area contributed by atoms with Crippen molar-refractivity contribution >= 4 is 34.8 Å². The lowest BCUT2D eigenvalue weighted by Crippen LogP contribution is -2.18. The topological polar surface area (TPSA) is 35.2 Å². The van der Waals surface area contributed by atoms with Crippen molar-refractivity contribution in [1.29, 1.82) is 0 Å². The molecule has 2 nitrogen and oxygen atoms in total. The number of nitrogens with two attached hydrogens (primary N) is 1. The van der Waals surface area contributed by atoms with Crippen molar-refractivity contribution in [2.24, 2.45) is 5.73 Å². The summed E-state index contributed by atoms with van der Waals surface area (Å²) in [4.78, 5) is 0. The van der Waals surface area contributed by atoms with Crippen LogP contribution in [0.4, 0.5) is 0 Å². The van der Waals surface area contributed by atoms with Crippen LogP contribution in [0.5, 0.6) is 5.75 Å². The summed E-state index contributed by atoms with van der Waals surface area (Å²) in [6.45, 7) is 2.34. The van der Waals surface area contributed by atoms with Crippen molar-refractivity contribution in [3.8, 4) is 5.75 Å². The molecule has 0 aromatic heterocycles. The van der Waals surface area contributed by atoms with Crippen molar-refractivity contribution in [1.82, 2.24) is 0 Å². The number of rotatable bonds is 5. The van der Waals surface area contributed by atoms with Gasteiger partial charge in [-0.1, -0.05) is 46.9 Å². The number of halogens is 3. The maximum absolute atomic E-state index is 6.24. The quantitative estimate of drug-likeness (QED) is 0.817. The van der Waals surface area contributed by atoms with Crippen LogP contribution >= 0.6 is 34.8 Å². The molecule has 2 aromatic rings. The van der Waals surface area contributed by atoms with Crippen LogP contribution in [-0.2, 0) is 13.0 Å². The third-order valence-corrected chi connectivity index (χ3v) is 3.67. The molecule has 2 aromatic carbocycles. The molecule has 0 aliphatic carbocycles. The fourth-order valence-corrected chi connectivity index (χ4v) is 2.73. The van der Waals surface area contributed by atoms with Gasteiger partial charge in [0, 0.05) is 16.1 Å². The van der Waals surface area contributed by atoms with Gasteiger partial charge in [-0.25, -0.2) is 0 Å². The van der Waals surface area contributed by atoms with E-state index in [0.29, 0.717) is 33.8 Å². The molecule has 0 spiro atoms. The third-order valence-electron chi connectivity index (χ3n) is 2.92. The zero-order valence-electron chi connectivity index (χ0n) is 11.6. The highest BCUT2D eigenvalue weighted by Crippen LogP contribution is 2.33. The first kappa shape index (κ1) is 16.4. The molecule has 0 radical (unpaired) electrons. The van der Waals surface area contributed by atoms with Crippen LogP contribution in [-0.4, -0.2) is 6.04 Å². The Balaban J connectivity index is 2.19. The van der Waals surface area contributed by atoms with E-state index < -0.39 is 0 Å². The zero-order valence-corrected chi connectivity index (χ0v) is 13.8. The summed E-state index contributed by atoms with van der Waals surface area (Å²) in [7, 11) is 0. The molecule has 1 unspecified atom stereocenters. The predicted molar refractivity (Wildman–Crippen MR) is 89.6 cm³/mol. The Bertz CT molecular complexity index is 612. The Morgan fingerprint density at radius 2 is 1.71 bits per heavy atom. The largest absolute Gasteiger partial charge is 0.487 e. The molecule has 2 rings (SSSR count). The van der Waals surface area contributed by atoms with Crippen LogP contribution < -0.4 is 10.5 Å². The highest BCUT2D eigenvalue weighted by Gasteiger charge is 2.12. The van der Waals surface area contributed by atoms with Crippen LogP contribution in [0, 0.1) is 0 Å². The zero-order chi connectivity index (χ0) is 15.4. The fourth-order valence-electron chi connectivity index (χ4n) is 2.01. The molecule has 0 bridgehead atoms. The van der Waals surface area contributed by atoms with Crippen LogP contribution in [0.3, 0.4) is 0 Å². The SMILES string of the molecule is CC(N)Cc1cc(Cl)cc(Cl)c1OCc1ccc(Cl)cc1. The van der Waals surface area contributed by atoms with Crippen LogP contribution in [0.2, 0.25) is 15.1 Å². The van der Waals surface area contributed by atoms with Gasteiger partial charge in [0.05, 0.1) is 5.02 Å². The second-order valence-electron chi connectivity index (χ2n) is 4.97. The summed E-state index contributed by atoms with van der Waals surface area (Å²) in [5.41, 5.74) is 7.79. The highest BCUT2D eigenvalue weighted by atomic mass is 35.5. The molecule has 0 saturated heterocycles. The fraction of sp³-hybridized carbons (Fsp3) is 0.250. The Hall–Kier alpha value is -0.930. The van der Waals surface area contributed by atoms with Gasteiger partial charge in [-0.15, -0.1) is 0 Å². The molecular formula is C16H16Cl3NO. The second kappa shape index (κ2) is 7.37. The minimum Gasteiger partial charge on any atom is -0.487 e. The smallest absolute Gasteiger partial charge is 0.141 e. The van der Waals surface area contributed by atoms with E-state index in [2.05, 4.69) is 0 Å². The van der Waals surface area contributed by atoms with Gasteiger partial charge in [0.25, 0.3) is 0 Å². The first-order valence-electron chi connectivity index (χ1n) is 6.56. The first-order valence-corrected chi connectivity index (χ1v) is 7.70. The molecule has 1 atom stereocenters. The van der Waals surface area contributed by atoms with Gasteiger partial charge < -0.3 is 10.5 Å². The van der Waals surface area contributed by atoms with Crippen LogP contribution in [0.25, 0.3) is 0 Å². The molecule has 0 fully saturated rings. The van der Waals surface area contributed by atoms with Gasteiger partial charge in [-0.05, 0) is 48.7 Å². The molecule has 112 valence electrons. The first-order chi connectivity index (χ1) is 9.95. The standard InChI is InChI=1S/C16H16Cl3NO/c1-10(20)6-12-7-14(18)8-15(19)16(12)21-9-11-2-4-13(17)5-3-11/h2-5,7-8,10H,6,9,20H2,1H3. The summed E-state index contributed by atoms with van der Waals surface area (Å²) in [5.74, 6) is 0.633. The van der Waals surface area contributed by atoms with Gasteiger partial charge in [0.15, 0.2) is 0 Å². The molecule has 0 amide bonds. The van der Waals surface area contributed by atoms with Crippen molar-refractivity contribution in [2.75, 3.05) is 0 Å². The van der Waals surface area contributed by atoms with Gasteiger partial charge in [0.2, 0.25) is 0 Å². The molecule has 0 aliphatic heterocycles. The number of hydrogen-bond acceptors (Lipinski definition) is 2. The van der Waals surface area contributed by atoms with E-state index in [0.717, 1.165) is 11.1 Å². The minimum absolute atomic E-state index is 0.00239. The van der Waals surface area contributed by atoms with E-state index in [4.69, 9.17) is 45.3 Å². The van der Waals surface area contributed by atoms with Crippen molar-refractivity contribution in [3.63, 3.8) is 0 Å². The lowest BCUT2D eigenvalue weighted by Gasteiger charge is -2.15. The van der Waals surface area contributed by atoms with E-state index >= 15 is 0 Å². The molecule has 5 heteroatoms. The number of ether oxygens (including phenoxy) is 1. The number of hydrogen-bond donors (Lipinski definition) is 1. The Kier molecular flexibility index (Phi) is 5.77. The predicted octanol–water partition coefficient (Wildman–Crippen LogP) is 5.12. The van der Waals surface area contributed by atoms with Gasteiger partial charge in [-0.2, -0.15) is 0 Å². The Labute approximate surface area is 139 Å². The van der Waals surface area contributed by atoms with E-state index in [-0.39, 0.29) is 6.04 Å². The van der Waals surface area contributed by atoms with Crippen LogP contribution in [0.1, 0.15) is 18.1 Å². The van der Waals surface area contributed by atoms with E-state index in [9.17, 15) is 0 Å². The van der Waals surface area contributed by atoms with Crippen molar-refractivity contribution in [2.45, 2.75) is 26.0 Å². The maximum Gasteiger partial charge on any atom is 0.141 e. The lowest BCUT2D eigenvalue weighted by molar-refractivity contribution is 0.302. The summed E-state index contributed by atoms with van der Waals surface area (Å²) in [6, 6.07) is 11.0. The van der Waals surface area contributed by atoms with E-state index in [1.165, 1.54) is 0 Å². The van der Waals surface area contributed by atoms with Crippen molar-refractivity contribution < 1.29 is 4.74 Å². The minimum atomic E-state index is -0.00239. The highest BCUT2D eigenvalue weighted by molar-refractivity contribution is 6.35. The van der Waals surface area contributed by atoms with Crippen molar-refractivity contribution in [3.05, 3.63) is 62.6 Å². The molecule has 0 aliphatic rings. The van der Waals surface area contributed by atoms with Gasteiger partial charge in [-0.3, -0.25) is 0 Å². The average molecular weight is 345 g/mol. The summed E-state index contributed by atoms with van der Waals surface area (Å²) in [5, 5.41) is 1.77. The molecule has 0 heterocycles. The summed E-state index contributed by atoms with van der Waals surface area (Å²) >= 11 is 18.1. The normalized spacial score (nSPS) is 12.2. The second-order valence-corrected chi connectivity index (χ2v) is 6.25. The Morgan fingerprint density at radius 1 is 1.05 bits per heavy atom. The average Bonchev–Trinajstić information content (AvgIpc) is 2.39.